The summed E-state index contributed by atoms with van der Waals surface area (Å²) in [6.07, 6.45) is 3.16. The lowest BCUT2D eigenvalue weighted by Crippen LogP contribution is -2.30. The smallest absolute Gasteiger partial charge is 0.236 e. The topological polar surface area (TPSA) is 63.4 Å². The molecule has 1 aliphatic rings. The predicted molar refractivity (Wildman–Crippen MR) is 126 cm³/mol. The summed E-state index contributed by atoms with van der Waals surface area (Å²) in [5.74, 6) is 0.675. The predicted octanol–water partition coefficient (Wildman–Crippen LogP) is 6.22. The van der Waals surface area contributed by atoms with Crippen molar-refractivity contribution >= 4 is 31.7 Å². The van der Waals surface area contributed by atoms with Crippen molar-refractivity contribution in [2.24, 2.45) is 0 Å². The second-order valence-electron chi connectivity index (χ2n) is 8.96. The summed E-state index contributed by atoms with van der Waals surface area (Å²) < 4.78 is 33.9. The third-order valence-electron chi connectivity index (χ3n) is 5.60. The van der Waals surface area contributed by atoms with Crippen molar-refractivity contribution in [3.05, 3.63) is 58.6 Å². The molecule has 0 radical (unpaired) electrons. The van der Waals surface area contributed by atoms with Crippen LogP contribution in [0, 0.1) is 0 Å². The highest BCUT2D eigenvalue weighted by molar-refractivity contribution is 9.10. The van der Waals surface area contributed by atoms with Crippen LogP contribution in [0.2, 0.25) is 0 Å². The van der Waals surface area contributed by atoms with Gasteiger partial charge in [0.25, 0.3) is 0 Å². The minimum absolute atomic E-state index is 0.00776. The van der Waals surface area contributed by atoms with E-state index in [0.29, 0.717) is 11.8 Å². The Hall–Kier alpha value is -2.12. The third kappa shape index (κ3) is 4.58. The molecule has 0 aliphatic carbocycles. The molecule has 2 aromatic carbocycles. The number of piperidine rings is 1. The van der Waals surface area contributed by atoms with Gasteiger partial charge in [-0.05, 0) is 66.6 Å². The summed E-state index contributed by atoms with van der Waals surface area (Å²) in [6, 6.07) is 14.6. The van der Waals surface area contributed by atoms with Crippen LogP contribution < -0.4 is 4.90 Å². The Kier molecular flexibility index (Phi) is 6.01. The fraction of sp³-hybridized carbons (Fsp3) is 0.375. The standard InChI is InChI=1S/C24H27BrN2O3S/c1-24(2,3)18-9-7-17(8-10-18)21-26-22(23(30-21)27-15-5-4-6-16-27)31(28,29)20-13-11-19(25)12-14-20/h7-14H,4-6,15-16H2,1-3H3. The van der Waals surface area contributed by atoms with Gasteiger partial charge in [-0.2, -0.15) is 4.98 Å². The average Bonchev–Trinajstić information content (AvgIpc) is 3.21. The molecule has 0 spiro atoms. The number of anilines is 1. The summed E-state index contributed by atoms with van der Waals surface area (Å²) in [4.78, 5) is 6.72. The molecule has 1 fully saturated rings. The number of nitrogens with zero attached hydrogens (tertiary/aromatic N) is 2. The van der Waals surface area contributed by atoms with Crippen molar-refractivity contribution in [1.82, 2.24) is 4.98 Å². The fourth-order valence-corrected chi connectivity index (χ4v) is 5.32. The van der Waals surface area contributed by atoms with Gasteiger partial charge in [0.1, 0.15) is 0 Å². The van der Waals surface area contributed by atoms with Crippen molar-refractivity contribution in [2.75, 3.05) is 18.0 Å². The van der Waals surface area contributed by atoms with Crippen LogP contribution in [0.4, 0.5) is 5.88 Å². The van der Waals surface area contributed by atoms with Crippen LogP contribution in [0.3, 0.4) is 0 Å². The van der Waals surface area contributed by atoms with E-state index in [1.54, 1.807) is 24.3 Å². The summed E-state index contributed by atoms with van der Waals surface area (Å²) in [5, 5.41) is -0.00776. The average molecular weight is 503 g/mol. The molecule has 2 heterocycles. The summed E-state index contributed by atoms with van der Waals surface area (Å²) in [7, 11) is -3.82. The molecule has 1 saturated heterocycles. The Bertz CT molecular complexity index is 1160. The van der Waals surface area contributed by atoms with Crippen LogP contribution in [0.25, 0.3) is 11.5 Å². The molecule has 0 saturated carbocycles. The molecule has 7 heteroatoms. The number of rotatable bonds is 4. The highest BCUT2D eigenvalue weighted by atomic mass is 79.9. The molecule has 0 bridgehead atoms. The van der Waals surface area contributed by atoms with E-state index in [1.807, 2.05) is 29.2 Å². The zero-order chi connectivity index (χ0) is 22.2. The van der Waals surface area contributed by atoms with Gasteiger partial charge in [-0.1, -0.05) is 48.8 Å². The molecule has 31 heavy (non-hydrogen) atoms. The van der Waals surface area contributed by atoms with Crippen LogP contribution in [0.1, 0.15) is 45.6 Å². The number of hydrogen-bond donors (Lipinski definition) is 0. The summed E-state index contributed by atoms with van der Waals surface area (Å²) >= 11 is 3.36. The van der Waals surface area contributed by atoms with Gasteiger partial charge in [0.05, 0.1) is 4.90 Å². The zero-order valence-electron chi connectivity index (χ0n) is 18.1. The maximum Gasteiger partial charge on any atom is 0.236 e. The Morgan fingerprint density at radius 2 is 1.55 bits per heavy atom. The van der Waals surface area contributed by atoms with Gasteiger partial charge in [-0.3, -0.25) is 0 Å². The van der Waals surface area contributed by atoms with E-state index in [-0.39, 0.29) is 15.3 Å². The highest BCUT2D eigenvalue weighted by Gasteiger charge is 2.32. The molecule has 0 unspecified atom stereocenters. The molecule has 1 aromatic heterocycles. The van der Waals surface area contributed by atoms with Gasteiger partial charge in [0.2, 0.25) is 26.6 Å². The largest absolute Gasteiger partial charge is 0.419 e. The number of oxazole rings is 1. The lowest BCUT2D eigenvalue weighted by molar-refractivity contribution is 0.499. The van der Waals surface area contributed by atoms with Crippen LogP contribution in [0.15, 0.2) is 67.3 Å². The van der Waals surface area contributed by atoms with E-state index in [2.05, 4.69) is 41.7 Å². The van der Waals surface area contributed by atoms with Crippen molar-refractivity contribution < 1.29 is 12.8 Å². The highest BCUT2D eigenvalue weighted by Crippen LogP contribution is 2.36. The molecule has 164 valence electrons. The Morgan fingerprint density at radius 3 is 2.13 bits per heavy atom. The minimum atomic E-state index is -3.82. The molecule has 1 aliphatic heterocycles. The molecule has 3 aromatic rings. The second kappa shape index (κ2) is 8.43. The Labute approximate surface area is 192 Å². The number of aromatic nitrogens is 1. The van der Waals surface area contributed by atoms with Crippen molar-refractivity contribution in [3.63, 3.8) is 0 Å². The van der Waals surface area contributed by atoms with Gasteiger partial charge < -0.3 is 9.32 Å². The molecule has 5 nitrogen and oxygen atoms in total. The first kappa shape index (κ1) is 22.1. The van der Waals surface area contributed by atoms with Gasteiger partial charge >= 0.3 is 0 Å². The van der Waals surface area contributed by atoms with Crippen LogP contribution in [-0.4, -0.2) is 26.5 Å². The van der Waals surface area contributed by atoms with E-state index < -0.39 is 9.84 Å². The second-order valence-corrected chi connectivity index (χ2v) is 11.7. The number of sulfone groups is 1. The normalized spacial score (nSPS) is 15.3. The first-order valence-corrected chi connectivity index (χ1v) is 12.8. The van der Waals surface area contributed by atoms with E-state index in [1.165, 1.54) is 5.56 Å². The van der Waals surface area contributed by atoms with Gasteiger partial charge in [0, 0.05) is 23.1 Å². The maximum atomic E-state index is 13.5. The monoisotopic (exact) mass is 502 g/mol. The molecular weight excluding hydrogens is 476 g/mol. The summed E-state index contributed by atoms with van der Waals surface area (Å²) in [5.41, 5.74) is 2.00. The van der Waals surface area contributed by atoms with Crippen molar-refractivity contribution in [2.45, 2.75) is 55.4 Å². The first-order chi connectivity index (χ1) is 14.7. The van der Waals surface area contributed by atoms with Crippen LogP contribution in [-0.2, 0) is 15.3 Å². The molecule has 0 atom stereocenters. The molecule has 4 rings (SSSR count). The lowest BCUT2D eigenvalue weighted by atomic mass is 9.87. The van der Waals surface area contributed by atoms with Crippen molar-refractivity contribution in [1.29, 1.82) is 0 Å². The first-order valence-electron chi connectivity index (χ1n) is 10.5. The Balaban J connectivity index is 1.80. The van der Waals surface area contributed by atoms with E-state index in [4.69, 9.17) is 4.42 Å². The van der Waals surface area contributed by atoms with Crippen molar-refractivity contribution in [3.8, 4) is 11.5 Å². The quantitative estimate of drug-likeness (QED) is 0.423. The van der Waals surface area contributed by atoms with E-state index >= 15 is 0 Å². The number of benzene rings is 2. The van der Waals surface area contributed by atoms with E-state index in [9.17, 15) is 8.42 Å². The molecular formula is C24H27BrN2O3S. The minimum Gasteiger partial charge on any atom is -0.419 e. The van der Waals surface area contributed by atoms with Gasteiger partial charge in [-0.15, -0.1) is 0 Å². The van der Waals surface area contributed by atoms with Crippen LogP contribution >= 0.6 is 15.9 Å². The number of halogens is 1. The maximum absolute atomic E-state index is 13.5. The molecule has 0 N–H and O–H groups in total. The molecule has 0 amide bonds. The zero-order valence-corrected chi connectivity index (χ0v) is 20.5. The van der Waals surface area contributed by atoms with Gasteiger partial charge in [-0.25, -0.2) is 8.42 Å². The SMILES string of the molecule is CC(C)(C)c1ccc(-c2nc(S(=O)(=O)c3ccc(Br)cc3)c(N3CCCCC3)o2)cc1. The lowest BCUT2D eigenvalue weighted by Gasteiger charge is -2.26. The van der Waals surface area contributed by atoms with Gasteiger partial charge in [0.15, 0.2) is 0 Å². The Morgan fingerprint density at radius 1 is 0.935 bits per heavy atom. The third-order valence-corrected chi connectivity index (χ3v) is 7.80. The summed E-state index contributed by atoms with van der Waals surface area (Å²) in [6.45, 7) is 8.00. The van der Waals surface area contributed by atoms with E-state index in [0.717, 1.165) is 42.4 Å². The fourth-order valence-electron chi connectivity index (χ4n) is 3.73. The van der Waals surface area contributed by atoms with Crippen LogP contribution in [0.5, 0.6) is 0 Å². The number of hydrogen-bond acceptors (Lipinski definition) is 5.